The fourth-order valence-corrected chi connectivity index (χ4v) is 2.37. The van der Waals surface area contributed by atoms with Crippen LogP contribution in [0.25, 0.3) is 0 Å². The molecular weight excluding hydrogens is 242 g/mol. The van der Waals surface area contributed by atoms with Gasteiger partial charge >= 0.3 is 0 Å². The quantitative estimate of drug-likeness (QED) is 0.760. The Morgan fingerprint density at radius 1 is 1.18 bits per heavy atom. The minimum Gasteiger partial charge on any atom is -0.293 e. The van der Waals surface area contributed by atoms with E-state index in [-0.39, 0.29) is 12.2 Å². The van der Waals surface area contributed by atoms with E-state index in [9.17, 15) is 13.6 Å². The summed E-state index contributed by atoms with van der Waals surface area (Å²) < 4.78 is 25.9. The highest BCUT2D eigenvalue weighted by atomic mass is 32.1. The van der Waals surface area contributed by atoms with E-state index in [0.717, 1.165) is 10.9 Å². The number of halogens is 2. The molecule has 1 nitrogen and oxygen atoms in total. The van der Waals surface area contributed by atoms with E-state index in [1.54, 1.807) is 6.07 Å². The van der Waals surface area contributed by atoms with Crippen LogP contribution < -0.4 is 0 Å². The summed E-state index contributed by atoms with van der Waals surface area (Å²) >= 11 is 1.39. The van der Waals surface area contributed by atoms with Crippen molar-refractivity contribution in [2.75, 3.05) is 0 Å². The number of Topliss-reactive ketones (excluding diaryl/α,β-unsaturated/α-hetero) is 1. The number of benzene rings is 1. The predicted octanol–water partition coefficient (Wildman–Crippen LogP) is 3.76. The van der Waals surface area contributed by atoms with Gasteiger partial charge in [-0.1, -0.05) is 0 Å². The molecule has 1 aromatic carbocycles. The van der Waals surface area contributed by atoms with Crippen molar-refractivity contribution in [2.24, 2.45) is 0 Å². The molecule has 0 aliphatic heterocycles. The van der Waals surface area contributed by atoms with Crippen molar-refractivity contribution in [3.63, 3.8) is 0 Å². The zero-order valence-electron chi connectivity index (χ0n) is 9.17. The maximum absolute atomic E-state index is 12.9. The Morgan fingerprint density at radius 3 is 2.35 bits per heavy atom. The number of hydrogen-bond acceptors (Lipinski definition) is 2. The van der Waals surface area contributed by atoms with E-state index in [1.165, 1.54) is 23.5 Å². The van der Waals surface area contributed by atoms with Crippen molar-refractivity contribution in [1.82, 2.24) is 0 Å². The number of thiophene rings is 1. The van der Waals surface area contributed by atoms with Crippen LogP contribution in [0.2, 0.25) is 0 Å². The standard InChI is InChI=1S/C13H10F2OS/c1-8-2-3-13(17-8)12(16)6-9-4-10(14)7-11(15)5-9/h2-5,7H,6H2,1H3. The zero-order valence-corrected chi connectivity index (χ0v) is 9.98. The topological polar surface area (TPSA) is 17.1 Å². The summed E-state index contributed by atoms with van der Waals surface area (Å²) in [5.41, 5.74) is 0.360. The van der Waals surface area contributed by atoms with Gasteiger partial charge in [0.25, 0.3) is 0 Å². The van der Waals surface area contributed by atoms with Crippen LogP contribution in [0.15, 0.2) is 30.3 Å². The Labute approximate surface area is 102 Å². The summed E-state index contributed by atoms with van der Waals surface area (Å²) in [5.74, 6) is -1.43. The summed E-state index contributed by atoms with van der Waals surface area (Å²) in [5, 5.41) is 0. The maximum Gasteiger partial charge on any atom is 0.177 e. The van der Waals surface area contributed by atoms with E-state index < -0.39 is 11.6 Å². The molecule has 17 heavy (non-hydrogen) atoms. The van der Waals surface area contributed by atoms with Crippen LogP contribution in [0.3, 0.4) is 0 Å². The first-order valence-corrected chi connectivity index (χ1v) is 5.91. The number of ketones is 1. The molecule has 0 fully saturated rings. The van der Waals surface area contributed by atoms with Crippen LogP contribution in [-0.4, -0.2) is 5.78 Å². The second-order valence-corrected chi connectivity index (χ2v) is 5.08. The summed E-state index contributed by atoms with van der Waals surface area (Å²) in [6.45, 7) is 1.91. The molecule has 0 radical (unpaired) electrons. The molecule has 88 valence electrons. The molecule has 2 rings (SSSR count). The van der Waals surface area contributed by atoms with Crippen LogP contribution in [0, 0.1) is 18.6 Å². The lowest BCUT2D eigenvalue weighted by atomic mass is 10.1. The van der Waals surface area contributed by atoms with Gasteiger partial charge in [0.15, 0.2) is 5.78 Å². The third-order valence-electron chi connectivity index (χ3n) is 2.30. The molecule has 0 amide bonds. The molecule has 0 atom stereocenters. The van der Waals surface area contributed by atoms with Crippen molar-refractivity contribution < 1.29 is 13.6 Å². The molecular formula is C13H10F2OS. The van der Waals surface area contributed by atoms with Crippen LogP contribution in [0.4, 0.5) is 8.78 Å². The summed E-state index contributed by atoms with van der Waals surface area (Å²) in [6.07, 6.45) is 0.0225. The second-order valence-electron chi connectivity index (χ2n) is 3.79. The summed E-state index contributed by atoms with van der Waals surface area (Å²) in [4.78, 5) is 13.5. The monoisotopic (exact) mass is 252 g/mol. The molecule has 0 saturated carbocycles. The fraction of sp³-hybridized carbons (Fsp3) is 0.154. The van der Waals surface area contributed by atoms with Gasteiger partial charge in [0.2, 0.25) is 0 Å². The number of carbonyl (C=O) groups is 1. The number of aryl methyl sites for hydroxylation is 1. The lowest BCUT2D eigenvalue weighted by molar-refractivity contribution is 0.0997. The van der Waals surface area contributed by atoms with Gasteiger partial charge < -0.3 is 0 Å². The van der Waals surface area contributed by atoms with Crippen molar-refractivity contribution in [3.05, 3.63) is 57.3 Å². The lowest BCUT2D eigenvalue weighted by Gasteiger charge is -2.00. The average Bonchev–Trinajstić information content (AvgIpc) is 2.63. The summed E-state index contributed by atoms with van der Waals surface area (Å²) in [6, 6.07) is 6.74. The molecule has 0 N–H and O–H groups in total. The molecule has 0 saturated heterocycles. The van der Waals surface area contributed by atoms with E-state index in [4.69, 9.17) is 0 Å². The van der Waals surface area contributed by atoms with E-state index in [2.05, 4.69) is 0 Å². The zero-order chi connectivity index (χ0) is 12.4. The van der Waals surface area contributed by atoms with Crippen LogP contribution in [-0.2, 0) is 6.42 Å². The van der Waals surface area contributed by atoms with Gasteiger partial charge in [-0.15, -0.1) is 11.3 Å². The van der Waals surface area contributed by atoms with Crippen molar-refractivity contribution in [2.45, 2.75) is 13.3 Å². The molecule has 2 aromatic rings. The largest absolute Gasteiger partial charge is 0.293 e. The highest BCUT2D eigenvalue weighted by molar-refractivity contribution is 7.14. The highest BCUT2D eigenvalue weighted by Crippen LogP contribution is 2.18. The first-order chi connectivity index (χ1) is 8.04. The maximum atomic E-state index is 12.9. The van der Waals surface area contributed by atoms with E-state index >= 15 is 0 Å². The molecule has 0 aliphatic carbocycles. The first kappa shape index (κ1) is 11.9. The van der Waals surface area contributed by atoms with Gasteiger partial charge in [-0.3, -0.25) is 4.79 Å². The molecule has 0 bridgehead atoms. The van der Waals surface area contributed by atoms with Crippen LogP contribution in [0.5, 0.6) is 0 Å². The van der Waals surface area contributed by atoms with E-state index in [0.29, 0.717) is 10.4 Å². The van der Waals surface area contributed by atoms with Gasteiger partial charge in [-0.2, -0.15) is 0 Å². The van der Waals surface area contributed by atoms with Gasteiger partial charge in [-0.05, 0) is 36.8 Å². The van der Waals surface area contributed by atoms with Crippen molar-refractivity contribution >= 4 is 17.1 Å². The van der Waals surface area contributed by atoms with Crippen LogP contribution in [0.1, 0.15) is 20.1 Å². The Balaban J connectivity index is 2.18. The Bertz CT molecular complexity index is 540. The minimum absolute atomic E-state index is 0.0225. The summed E-state index contributed by atoms with van der Waals surface area (Å²) in [7, 11) is 0. The Morgan fingerprint density at radius 2 is 1.82 bits per heavy atom. The van der Waals surface area contributed by atoms with Crippen LogP contribution >= 0.6 is 11.3 Å². The molecule has 1 aromatic heterocycles. The minimum atomic E-state index is -0.657. The Hall–Kier alpha value is -1.55. The highest BCUT2D eigenvalue weighted by Gasteiger charge is 2.10. The number of rotatable bonds is 3. The molecule has 4 heteroatoms. The van der Waals surface area contributed by atoms with Crippen molar-refractivity contribution in [3.8, 4) is 0 Å². The lowest BCUT2D eigenvalue weighted by Crippen LogP contribution is -2.02. The smallest absolute Gasteiger partial charge is 0.177 e. The predicted molar refractivity (Wildman–Crippen MR) is 63.4 cm³/mol. The van der Waals surface area contributed by atoms with Gasteiger partial charge in [0, 0.05) is 17.4 Å². The Kier molecular flexibility index (Phi) is 3.33. The molecule has 0 aliphatic rings. The fourth-order valence-electron chi connectivity index (χ4n) is 1.57. The SMILES string of the molecule is Cc1ccc(C(=O)Cc2cc(F)cc(F)c2)s1. The van der Waals surface area contributed by atoms with Gasteiger partial charge in [0.1, 0.15) is 11.6 Å². The number of carbonyl (C=O) groups excluding carboxylic acids is 1. The third-order valence-corrected chi connectivity index (χ3v) is 3.34. The third kappa shape index (κ3) is 2.97. The molecule has 0 spiro atoms. The molecule has 0 unspecified atom stereocenters. The number of hydrogen-bond donors (Lipinski definition) is 0. The molecule has 1 heterocycles. The van der Waals surface area contributed by atoms with Gasteiger partial charge in [0.05, 0.1) is 4.88 Å². The first-order valence-electron chi connectivity index (χ1n) is 5.09. The van der Waals surface area contributed by atoms with E-state index in [1.807, 2.05) is 13.0 Å². The normalized spacial score (nSPS) is 10.5. The average molecular weight is 252 g/mol. The van der Waals surface area contributed by atoms with Crippen molar-refractivity contribution in [1.29, 1.82) is 0 Å². The van der Waals surface area contributed by atoms with Gasteiger partial charge in [-0.25, -0.2) is 8.78 Å². The second kappa shape index (κ2) is 4.75.